The van der Waals surface area contributed by atoms with Crippen molar-refractivity contribution < 1.29 is 9.53 Å². The van der Waals surface area contributed by atoms with Crippen LogP contribution in [-0.4, -0.2) is 55.2 Å². The van der Waals surface area contributed by atoms with Gasteiger partial charge in [-0.1, -0.05) is 12.1 Å². The fraction of sp³-hybridized carbons (Fsp3) is 0.375. The second-order valence-corrected chi connectivity index (χ2v) is 5.29. The van der Waals surface area contributed by atoms with E-state index in [1.54, 1.807) is 12.1 Å². The van der Waals surface area contributed by atoms with Gasteiger partial charge in [0.2, 0.25) is 5.43 Å². The summed E-state index contributed by atoms with van der Waals surface area (Å²) in [5.74, 6) is -0.333. The van der Waals surface area contributed by atoms with Gasteiger partial charge in [-0.05, 0) is 12.1 Å². The first kappa shape index (κ1) is 14.7. The van der Waals surface area contributed by atoms with Crippen LogP contribution in [0.1, 0.15) is 10.4 Å². The van der Waals surface area contributed by atoms with Crippen molar-refractivity contribution in [1.82, 2.24) is 15.2 Å². The van der Waals surface area contributed by atoms with Crippen LogP contribution in [0, 0.1) is 0 Å². The molecule has 0 aliphatic carbocycles. The van der Waals surface area contributed by atoms with Crippen LogP contribution in [0.15, 0.2) is 35.3 Å². The largest absolute Gasteiger partial charge is 0.379 e. The van der Waals surface area contributed by atoms with Crippen molar-refractivity contribution in [3.8, 4) is 0 Å². The molecule has 2 aromatic rings. The molecular weight excluding hydrogens is 282 g/mol. The van der Waals surface area contributed by atoms with Gasteiger partial charge in [0, 0.05) is 43.3 Å². The summed E-state index contributed by atoms with van der Waals surface area (Å²) in [7, 11) is 0. The molecule has 1 fully saturated rings. The zero-order valence-corrected chi connectivity index (χ0v) is 12.3. The van der Waals surface area contributed by atoms with E-state index in [2.05, 4.69) is 15.2 Å². The van der Waals surface area contributed by atoms with Gasteiger partial charge in [0.15, 0.2) is 0 Å². The Labute approximate surface area is 128 Å². The van der Waals surface area contributed by atoms with Crippen molar-refractivity contribution in [3.63, 3.8) is 0 Å². The van der Waals surface area contributed by atoms with Crippen LogP contribution in [0.3, 0.4) is 0 Å². The minimum absolute atomic E-state index is 0.153. The van der Waals surface area contributed by atoms with Gasteiger partial charge in [-0.2, -0.15) is 0 Å². The lowest BCUT2D eigenvalue weighted by molar-refractivity contribution is 0.0383. The van der Waals surface area contributed by atoms with Crippen LogP contribution in [0.2, 0.25) is 0 Å². The minimum atomic E-state index is -0.333. The standard InChI is InChI=1S/C16H19N3O3/c20-15-12-3-1-2-4-14(12)18-11-13(15)16(21)17-5-6-19-7-9-22-10-8-19/h1-4,11H,5-10H2,(H,17,21)(H,18,20). The second kappa shape index (κ2) is 6.72. The average molecular weight is 301 g/mol. The zero-order valence-electron chi connectivity index (χ0n) is 12.3. The molecule has 2 N–H and O–H groups in total. The summed E-state index contributed by atoms with van der Waals surface area (Å²) in [6.07, 6.45) is 1.48. The van der Waals surface area contributed by atoms with E-state index in [1.165, 1.54) is 6.20 Å². The maximum atomic E-state index is 12.3. The van der Waals surface area contributed by atoms with Crippen molar-refractivity contribution in [2.45, 2.75) is 0 Å². The molecule has 0 spiro atoms. The van der Waals surface area contributed by atoms with Crippen molar-refractivity contribution >= 4 is 16.8 Å². The molecule has 3 rings (SSSR count). The molecule has 1 aliphatic heterocycles. The number of carbonyl (C=O) groups excluding carboxylic acids is 1. The summed E-state index contributed by atoms with van der Waals surface area (Å²) in [5, 5.41) is 3.34. The lowest BCUT2D eigenvalue weighted by Gasteiger charge is -2.26. The number of ether oxygens (including phenoxy) is 1. The number of nitrogens with zero attached hydrogens (tertiary/aromatic N) is 1. The maximum Gasteiger partial charge on any atom is 0.256 e. The number of aromatic nitrogens is 1. The van der Waals surface area contributed by atoms with E-state index in [9.17, 15) is 9.59 Å². The van der Waals surface area contributed by atoms with Gasteiger partial charge in [0.25, 0.3) is 5.91 Å². The smallest absolute Gasteiger partial charge is 0.256 e. The lowest BCUT2D eigenvalue weighted by Crippen LogP contribution is -2.41. The summed E-state index contributed by atoms with van der Waals surface area (Å²) in [6.45, 7) is 4.52. The number of carbonyl (C=O) groups is 1. The van der Waals surface area contributed by atoms with Gasteiger partial charge in [-0.25, -0.2) is 0 Å². The highest BCUT2D eigenvalue weighted by Crippen LogP contribution is 2.06. The van der Waals surface area contributed by atoms with Gasteiger partial charge in [-0.3, -0.25) is 14.5 Å². The molecule has 0 radical (unpaired) electrons. The lowest BCUT2D eigenvalue weighted by atomic mass is 10.1. The number of aromatic amines is 1. The Morgan fingerprint density at radius 1 is 1.27 bits per heavy atom. The van der Waals surface area contributed by atoms with Crippen LogP contribution in [0.25, 0.3) is 10.9 Å². The molecule has 22 heavy (non-hydrogen) atoms. The summed E-state index contributed by atoms with van der Waals surface area (Å²) >= 11 is 0. The van der Waals surface area contributed by atoms with Gasteiger partial charge in [0.1, 0.15) is 5.56 Å². The third kappa shape index (κ3) is 3.18. The number of hydrogen-bond acceptors (Lipinski definition) is 4. The predicted octanol–water partition coefficient (Wildman–Crippen LogP) is 0.590. The first-order valence-electron chi connectivity index (χ1n) is 7.44. The van der Waals surface area contributed by atoms with E-state index in [0.717, 1.165) is 38.4 Å². The van der Waals surface area contributed by atoms with Gasteiger partial charge in [-0.15, -0.1) is 0 Å². The SMILES string of the molecule is O=C(NCCN1CCOCC1)c1c[nH]c2ccccc2c1=O. The number of para-hydroxylation sites is 1. The molecule has 6 heteroatoms. The van der Waals surface area contributed by atoms with Crippen molar-refractivity contribution in [1.29, 1.82) is 0 Å². The number of H-pyrrole nitrogens is 1. The van der Waals surface area contributed by atoms with E-state index in [0.29, 0.717) is 11.9 Å². The topological polar surface area (TPSA) is 74.4 Å². The summed E-state index contributed by atoms with van der Waals surface area (Å²) in [5.41, 5.74) is 0.649. The van der Waals surface area contributed by atoms with Gasteiger partial charge in [0.05, 0.1) is 13.2 Å². The summed E-state index contributed by atoms with van der Waals surface area (Å²) < 4.78 is 5.28. The molecule has 0 unspecified atom stereocenters. The fourth-order valence-electron chi connectivity index (χ4n) is 2.58. The molecule has 0 atom stereocenters. The number of pyridine rings is 1. The molecular formula is C16H19N3O3. The number of nitrogens with one attached hydrogen (secondary N) is 2. The number of fused-ring (bicyclic) bond motifs is 1. The van der Waals surface area contributed by atoms with Crippen molar-refractivity contribution in [2.24, 2.45) is 0 Å². The minimum Gasteiger partial charge on any atom is -0.379 e. The normalized spacial score (nSPS) is 15.8. The molecule has 1 aromatic heterocycles. The van der Waals surface area contributed by atoms with Crippen LogP contribution >= 0.6 is 0 Å². The number of rotatable bonds is 4. The van der Waals surface area contributed by atoms with E-state index in [1.807, 2.05) is 12.1 Å². The monoisotopic (exact) mass is 301 g/mol. The highest BCUT2D eigenvalue weighted by Gasteiger charge is 2.14. The average Bonchev–Trinajstić information content (AvgIpc) is 2.56. The number of amides is 1. The van der Waals surface area contributed by atoms with Crippen molar-refractivity contribution in [2.75, 3.05) is 39.4 Å². The van der Waals surface area contributed by atoms with E-state index >= 15 is 0 Å². The molecule has 1 saturated heterocycles. The van der Waals surface area contributed by atoms with Gasteiger partial charge >= 0.3 is 0 Å². The van der Waals surface area contributed by atoms with Gasteiger partial charge < -0.3 is 15.0 Å². The second-order valence-electron chi connectivity index (χ2n) is 5.29. The predicted molar refractivity (Wildman–Crippen MR) is 84.2 cm³/mol. The molecule has 0 bridgehead atoms. The molecule has 0 saturated carbocycles. The molecule has 1 aromatic carbocycles. The number of benzene rings is 1. The Morgan fingerprint density at radius 3 is 2.86 bits per heavy atom. The third-order valence-electron chi connectivity index (χ3n) is 3.85. The van der Waals surface area contributed by atoms with E-state index < -0.39 is 0 Å². The first-order valence-corrected chi connectivity index (χ1v) is 7.44. The van der Waals surface area contributed by atoms with Crippen LogP contribution in [-0.2, 0) is 4.74 Å². The zero-order chi connectivity index (χ0) is 15.4. The number of hydrogen-bond donors (Lipinski definition) is 2. The maximum absolute atomic E-state index is 12.3. The summed E-state index contributed by atoms with van der Waals surface area (Å²) in [6, 6.07) is 7.17. The van der Waals surface area contributed by atoms with Crippen LogP contribution in [0.4, 0.5) is 0 Å². The molecule has 116 valence electrons. The van der Waals surface area contributed by atoms with Crippen molar-refractivity contribution in [3.05, 3.63) is 46.2 Å². The van der Waals surface area contributed by atoms with Crippen LogP contribution in [0.5, 0.6) is 0 Å². The quantitative estimate of drug-likeness (QED) is 0.867. The Hall–Kier alpha value is -2.18. The Balaban J connectivity index is 1.64. The Morgan fingerprint density at radius 2 is 2.05 bits per heavy atom. The number of morpholine rings is 1. The third-order valence-corrected chi connectivity index (χ3v) is 3.85. The molecule has 1 aliphatic rings. The molecule has 6 nitrogen and oxygen atoms in total. The summed E-state index contributed by atoms with van der Waals surface area (Å²) in [4.78, 5) is 29.7. The van der Waals surface area contributed by atoms with E-state index in [4.69, 9.17) is 4.74 Å². The molecule has 1 amide bonds. The Bertz CT molecular complexity index is 720. The Kier molecular flexibility index (Phi) is 4.50. The fourth-order valence-corrected chi connectivity index (χ4v) is 2.58. The molecule has 2 heterocycles. The van der Waals surface area contributed by atoms with Crippen LogP contribution < -0.4 is 10.7 Å². The van der Waals surface area contributed by atoms with E-state index in [-0.39, 0.29) is 16.9 Å². The highest BCUT2D eigenvalue weighted by atomic mass is 16.5. The highest BCUT2D eigenvalue weighted by molar-refractivity contribution is 5.97. The first-order chi connectivity index (χ1) is 10.8.